The van der Waals surface area contributed by atoms with E-state index in [1.807, 2.05) is 31.5 Å². The standard InChI is InChI=1S/C20H27N3O2.3C2HF3O2/c1-16-4-5-19(25-16)14-22-8-6-18-13-23(9-10-24-20(18)15-22)12-17-3-2-7-21-11-17;3*3-2(4,5)1(6)7/h2-5,7,11,18,20H,6,8-10,12-15H2,1H3;3*(H,6,7)/t18-,20-;;;/m1.../s1. The topological polar surface area (TPSA) is 154 Å². The summed E-state index contributed by atoms with van der Waals surface area (Å²) in [6.07, 6.45) is -9.92. The van der Waals surface area contributed by atoms with Crippen molar-refractivity contribution in [3.8, 4) is 0 Å². The number of likely N-dealkylation sites (tertiary alicyclic amines) is 1. The number of rotatable bonds is 4. The van der Waals surface area contributed by atoms with Gasteiger partial charge in [0, 0.05) is 44.5 Å². The van der Waals surface area contributed by atoms with Crippen molar-refractivity contribution in [2.24, 2.45) is 5.92 Å². The van der Waals surface area contributed by atoms with Crippen LogP contribution in [0.2, 0.25) is 0 Å². The normalized spacial score (nSPS) is 19.0. The minimum Gasteiger partial charge on any atom is -0.475 e. The first-order valence-corrected chi connectivity index (χ1v) is 13.0. The van der Waals surface area contributed by atoms with Crippen molar-refractivity contribution in [3.63, 3.8) is 0 Å². The van der Waals surface area contributed by atoms with Crippen LogP contribution in [-0.4, -0.2) is 105 Å². The number of hydrogen-bond donors (Lipinski definition) is 3. The van der Waals surface area contributed by atoms with Crippen molar-refractivity contribution in [3.05, 3.63) is 53.7 Å². The second-order valence-corrected chi connectivity index (χ2v) is 9.71. The van der Waals surface area contributed by atoms with Gasteiger partial charge in [0.05, 0.1) is 19.3 Å². The Labute approximate surface area is 255 Å². The Kier molecular flexibility index (Phi) is 15.4. The number of pyridine rings is 1. The molecule has 20 heteroatoms. The lowest BCUT2D eigenvalue weighted by Gasteiger charge is -2.37. The number of aliphatic carboxylic acids is 3. The van der Waals surface area contributed by atoms with Gasteiger partial charge in [0.15, 0.2) is 0 Å². The predicted molar refractivity (Wildman–Crippen MR) is 137 cm³/mol. The Bertz CT molecular complexity index is 1180. The van der Waals surface area contributed by atoms with Crippen LogP contribution in [-0.2, 0) is 32.2 Å². The molecule has 0 amide bonds. The number of carbonyl (C=O) groups is 3. The molecule has 3 N–H and O–H groups in total. The van der Waals surface area contributed by atoms with Crippen molar-refractivity contribution in [1.29, 1.82) is 0 Å². The number of carboxylic acids is 3. The summed E-state index contributed by atoms with van der Waals surface area (Å²) in [5, 5.41) is 21.4. The predicted octanol–water partition coefficient (Wildman–Crippen LogP) is 4.61. The van der Waals surface area contributed by atoms with Gasteiger partial charge in [-0.25, -0.2) is 14.4 Å². The highest BCUT2D eigenvalue weighted by Crippen LogP contribution is 2.26. The highest BCUT2D eigenvalue weighted by Gasteiger charge is 2.39. The lowest BCUT2D eigenvalue weighted by Crippen LogP contribution is -2.46. The summed E-state index contributed by atoms with van der Waals surface area (Å²) in [5.74, 6) is -5.61. The average molecular weight is 684 g/mol. The van der Waals surface area contributed by atoms with Gasteiger partial charge in [0.1, 0.15) is 11.5 Å². The van der Waals surface area contributed by atoms with Crippen LogP contribution in [0.1, 0.15) is 23.5 Å². The molecule has 0 radical (unpaired) electrons. The van der Waals surface area contributed by atoms with Gasteiger partial charge < -0.3 is 24.5 Å². The van der Waals surface area contributed by atoms with Crippen molar-refractivity contribution in [2.75, 3.05) is 32.8 Å². The summed E-state index contributed by atoms with van der Waals surface area (Å²) < 4.78 is 107. The quantitative estimate of drug-likeness (QED) is 0.388. The summed E-state index contributed by atoms with van der Waals surface area (Å²) in [6, 6.07) is 8.30. The number of halogens is 9. The van der Waals surface area contributed by atoms with Gasteiger partial charge in [-0.1, -0.05) is 6.07 Å². The molecular formula is C26H30F9N3O8. The van der Waals surface area contributed by atoms with E-state index < -0.39 is 36.4 Å². The Morgan fingerprint density at radius 2 is 1.35 bits per heavy atom. The van der Waals surface area contributed by atoms with Crippen molar-refractivity contribution >= 4 is 17.9 Å². The molecule has 2 aromatic rings. The maximum absolute atomic E-state index is 10.6. The highest BCUT2D eigenvalue weighted by atomic mass is 19.4. The maximum atomic E-state index is 10.6. The minimum atomic E-state index is -5.08. The van der Waals surface area contributed by atoms with E-state index in [9.17, 15) is 39.5 Å². The zero-order chi connectivity index (χ0) is 35.3. The summed E-state index contributed by atoms with van der Waals surface area (Å²) in [7, 11) is 0. The first kappa shape index (κ1) is 40.1. The summed E-state index contributed by atoms with van der Waals surface area (Å²) in [5.41, 5.74) is 1.28. The fourth-order valence-electron chi connectivity index (χ4n) is 4.01. The van der Waals surface area contributed by atoms with Gasteiger partial charge in [-0.05, 0) is 43.7 Å². The number of alkyl halides is 9. The van der Waals surface area contributed by atoms with Crippen LogP contribution in [0.3, 0.4) is 0 Å². The molecule has 260 valence electrons. The highest BCUT2D eigenvalue weighted by molar-refractivity contribution is 5.73. The Hall–Kier alpha value is -3.91. The molecule has 2 aliphatic heterocycles. The van der Waals surface area contributed by atoms with E-state index in [0.29, 0.717) is 12.0 Å². The number of ether oxygens (including phenoxy) is 1. The van der Waals surface area contributed by atoms with Crippen molar-refractivity contribution < 1.29 is 78.4 Å². The molecule has 2 fully saturated rings. The molecule has 2 saturated heterocycles. The van der Waals surface area contributed by atoms with Gasteiger partial charge >= 0.3 is 36.4 Å². The van der Waals surface area contributed by atoms with E-state index in [2.05, 4.69) is 26.9 Å². The third kappa shape index (κ3) is 15.9. The van der Waals surface area contributed by atoms with Gasteiger partial charge in [0.2, 0.25) is 0 Å². The van der Waals surface area contributed by atoms with Gasteiger partial charge in [-0.3, -0.25) is 14.8 Å². The van der Waals surface area contributed by atoms with E-state index in [-0.39, 0.29) is 0 Å². The van der Waals surface area contributed by atoms with Crippen LogP contribution in [0.4, 0.5) is 39.5 Å². The molecule has 0 saturated carbocycles. The number of aromatic nitrogens is 1. The molecular weight excluding hydrogens is 653 g/mol. The second-order valence-electron chi connectivity index (χ2n) is 9.71. The maximum Gasteiger partial charge on any atom is 0.490 e. The molecule has 4 heterocycles. The smallest absolute Gasteiger partial charge is 0.475 e. The number of hydrogen-bond acceptors (Lipinski definition) is 8. The Balaban J connectivity index is 0.000000413. The van der Waals surface area contributed by atoms with Crippen LogP contribution >= 0.6 is 0 Å². The molecule has 2 aliphatic rings. The Morgan fingerprint density at radius 1 is 0.826 bits per heavy atom. The van der Waals surface area contributed by atoms with Crippen LogP contribution < -0.4 is 0 Å². The number of piperidine rings is 1. The fourth-order valence-corrected chi connectivity index (χ4v) is 4.01. The average Bonchev–Trinajstić information content (AvgIpc) is 3.23. The van der Waals surface area contributed by atoms with E-state index >= 15 is 0 Å². The number of carboxylic acid groups (broad SMARTS) is 3. The third-order valence-electron chi connectivity index (χ3n) is 6.04. The molecule has 11 nitrogen and oxygen atoms in total. The zero-order valence-corrected chi connectivity index (χ0v) is 23.9. The van der Waals surface area contributed by atoms with E-state index in [1.165, 1.54) is 12.0 Å². The van der Waals surface area contributed by atoms with Crippen molar-refractivity contribution in [2.45, 2.75) is 51.1 Å². The van der Waals surface area contributed by atoms with E-state index in [0.717, 1.165) is 57.4 Å². The molecule has 0 spiro atoms. The van der Waals surface area contributed by atoms with Crippen LogP contribution in [0.5, 0.6) is 0 Å². The fraction of sp³-hybridized carbons (Fsp3) is 0.538. The lowest BCUT2D eigenvalue weighted by molar-refractivity contribution is -0.193. The van der Waals surface area contributed by atoms with Crippen LogP contribution in [0.15, 0.2) is 41.1 Å². The van der Waals surface area contributed by atoms with Crippen LogP contribution in [0.25, 0.3) is 0 Å². The molecule has 4 rings (SSSR count). The van der Waals surface area contributed by atoms with E-state index in [4.69, 9.17) is 38.9 Å². The summed E-state index contributed by atoms with van der Waals surface area (Å²) in [6.45, 7) is 8.91. The molecule has 0 aliphatic carbocycles. The number of fused-ring (bicyclic) bond motifs is 1. The Morgan fingerprint density at radius 3 is 1.78 bits per heavy atom. The first-order chi connectivity index (χ1) is 21.1. The molecule has 2 aromatic heterocycles. The van der Waals surface area contributed by atoms with Gasteiger partial charge in [0.25, 0.3) is 0 Å². The minimum absolute atomic E-state index is 0.337. The monoisotopic (exact) mass is 683 g/mol. The summed E-state index contributed by atoms with van der Waals surface area (Å²) in [4.78, 5) is 35.9. The summed E-state index contributed by atoms with van der Waals surface area (Å²) >= 11 is 0. The molecule has 2 atom stereocenters. The van der Waals surface area contributed by atoms with Gasteiger partial charge in [-0.15, -0.1) is 0 Å². The van der Waals surface area contributed by atoms with Crippen LogP contribution in [0, 0.1) is 12.8 Å². The van der Waals surface area contributed by atoms with E-state index in [1.54, 1.807) is 0 Å². The zero-order valence-electron chi connectivity index (χ0n) is 23.9. The number of furan rings is 1. The lowest BCUT2D eigenvalue weighted by atomic mass is 9.93. The number of aryl methyl sites for hydroxylation is 1. The second kappa shape index (κ2) is 17.7. The largest absolute Gasteiger partial charge is 0.490 e. The SMILES string of the molecule is Cc1ccc(CN2CC[C@@H]3CN(Cc4cccnc4)CCO[C@@H]3C2)o1.O=C(O)C(F)(F)F.O=C(O)C(F)(F)F.O=C(O)C(F)(F)F. The first-order valence-electron chi connectivity index (χ1n) is 13.0. The molecule has 0 unspecified atom stereocenters. The molecule has 0 aromatic carbocycles. The molecule has 0 bridgehead atoms. The number of nitrogens with zero attached hydrogens (tertiary/aromatic N) is 3. The third-order valence-corrected chi connectivity index (χ3v) is 6.04. The van der Waals surface area contributed by atoms with Crippen molar-refractivity contribution in [1.82, 2.24) is 14.8 Å². The van der Waals surface area contributed by atoms with Gasteiger partial charge in [-0.2, -0.15) is 39.5 Å². The molecule has 46 heavy (non-hydrogen) atoms.